The van der Waals surface area contributed by atoms with Crippen LogP contribution < -0.4 is 5.32 Å². The Labute approximate surface area is 185 Å². The van der Waals surface area contributed by atoms with Crippen molar-refractivity contribution >= 4 is 27.4 Å². The van der Waals surface area contributed by atoms with E-state index in [0.29, 0.717) is 12.0 Å². The molecule has 30 heavy (non-hydrogen) atoms. The minimum absolute atomic E-state index is 0.465. The first-order chi connectivity index (χ1) is 14.4. The van der Waals surface area contributed by atoms with E-state index in [9.17, 15) is 0 Å². The molecule has 1 aliphatic carbocycles. The molecule has 0 amide bonds. The van der Waals surface area contributed by atoms with Crippen molar-refractivity contribution in [2.45, 2.75) is 52.6 Å². The van der Waals surface area contributed by atoms with Crippen LogP contribution in [0.4, 0.5) is 5.82 Å². The molecule has 0 spiro atoms. The standard InChI is InChI=1S/C23H37N5OS/c1-15(2)18(27(4)5)13-24-22-21-17-7-6-16(3)12-19(17)30-23(21)26-20(25-22)14-28-8-10-29-11-9-28/h15-16,18H,6-14H2,1-5H3,(H,24,25,26)/t16-,18-/m0/s1. The molecule has 2 aliphatic rings. The molecule has 0 radical (unpaired) electrons. The molecular formula is C23H37N5OS. The van der Waals surface area contributed by atoms with Crippen LogP contribution in [0.2, 0.25) is 0 Å². The zero-order valence-corrected chi connectivity index (χ0v) is 20.0. The Morgan fingerprint density at radius 1 is 1.23 bits per heavy atom. The fourth-order valence-electron chi connectivity index (χ4n) is 4.76. The molecule has 0 aromatic carbocycles. The number of anilines is 1. The van der Waals surface area contributed by atoms with Crippen molar-refractivity contribution in [3.8, 4) is 0 Å². The predicted molar refractivity (Wildman–Crippen MR) is 126 cm³/mol. The molecule has 2 aromatic rings. The lowest BCUT2D eigenvalue weighted by atomic mass is 9.89. The predicted octanol–water partition coefficient (Wildman–Crippen LogP) is 3.65. The molecule has 1 aliphatic heterocycles. The van der Waals surface area contributed by atoms with Gasteiger partial charge in [-0.05, 0) is 50.8 Å². The SMILES string of the molecule is CC(C)[C@H](CNc1nc(CN2CCOCC2)nc2sc3c(c12)CC[C@H](C)C3)N(C)C. The molecule has 166 valence electrons. The van der Waals surface area contributed by atoms with Crippen molar-refractivity contribution in [2.75, 3.05) is 52.3 Å². The van der Waals surface area contributed by atoms with E-state index < -0.39 is 0 Å². The van der Waals surface area contributed by atoms with Crippen LogP contribution in [0.25, 0.3) is 10.2 Å². The van der Waals surface area contributed by atoms with Crippen LogP contribution in [0.1, 0.15) is 43.5 Å². The summed E-state index contributed by atoms with van der Waals surface area (Å²) in [5, 5.41) is 5.03. The second kappa shape index (κ2) is 9.47. The molecule has 0 bridgehead atoms. The van der Waals surface area contributed by atoms with Gasteiger partial charge in [-0.1, -0.05) is 20.8 Å². The third-order valence-electron chi connectivity index (χ3n) is 6.58. The molecule has 3 heterocycles. The van der Waals surface area contributed by atoms with Crippen molar-refractivity contribution < 1.29 is 4.74 Å². The first kappa shape index (κ1) is 21.9. The molecular weight excluding hydrogens is 394 g/mol. The lowest BCUT2D eigenvalue weighted by Gasteiger charge is -2.29. The summed E-state index contributed by atoms with van der Waals surface area (Å²) in [7, 11) is 4.33. The molecule has 0 unspecified atom stereocenters. The van der Waals surface area contributed by atoms with Crippen molar-refractivity contribution in [3.05, 3.63) is 16.3 Å². The maximum absolute atomic E-state index is 5.51. The highest BCUT2D eigenvalue weighted by Gasteiger charge is 2.25. The van der Waals surface area contributed by atoms with Crippen molar-refractivity contribution in [2.24, 2.45) is 11.8 Å². The van der Waals surface area contributed by atoms with Gasteiger partial charge in [0.25, 0.3) is 0 Å². The second-order valence-electron chi connectivity index (χ2n) is 9.56. The molecule has 1 fully saturated rings. The number of rotatable bonds is 7. The van der Waals surface area contributed by atoms with Crippen molar-refractivity contribution in [3.63, 3.8) is 0 Å². The highest BCUT2D eigenvalue weighted by Crippen LogP contribution is 2.40. The summed E-state index contributed by atoms with van der Waals surface area (Å²) in [6.45, 7) is 12.2. The minimum atomic E-state index is 0.465. The maximum Gasteiger partial charge on any atom is 0.146 e. The zero-order chi connectivity index (χ0) is 21.3. The summed E-state index contributed by atoms with van der Waals surface area (Å²) in [5.74, 6) is 3.32. The molecule has 1 saturated heterocycles. The average Bonchev–Trinajstić information content (AvgIpc) is 3.05. The van der Waals surface area contributed by atoms with Gasteiger partial charge in [0.1, 0.15) is 16.5 Å². The third kappa shape index (κ3) is 4.79. The Bertz CT molecular complexity index is 851. The Kier molecular flexibility index (Phi) is 6.92. The molecule has 6 nitrogen and oxygen atoms in total. The van der Waals surface area contributed by atoms with Gasteiger partial charge < -0.3 is 15.0 Å². The number of hydrogen-bond donors (Lipinski definition) is 1. The number of hydrogen-bond acceptors (Lipinski definition) is 7. The van der Waals surface area contributed by atoms with Crippen LogP contribution in [-0.2, 0) is 24.1 Å². The molecule has 1 N–H and O–H groups in total. The van der Waals surface area contributed by atoms with Gasteiger partial charge in [-0.3, -0.25) is 4.90 Å². The van der Waals surface area contributed by atoms with E-state index in [1.165, 1.54) is 33.5 Å². The van der Waals surface area contributed by atoms with E-state index in [1.807, 2.05) is 11.3 Å². The van der Waals surface area contributed by atoms with Gasteiger partial charge in [0.05, 0.1) is 25.1 Å². The van der Waals surface area contributed by atoms with E-state index in [-0.39, 0.29) is 0 Å². The molecule has 0 saturated carbocycles. The molecule has 2 aromatic heterocycles. The van der Waals surface area contributed by atoms with Crippen LogP contribution in [-0.4, -0.2) is 72.8 Å². The Morgan fingerprint density at radius 3 is 2.70 bits per heavy atom. The van der Waals surface area contributed by atoms with E-state index in [0.717, 1.165) is 63.4 Å². The number of morpholine rings is 1. The van der Waals surface area contributed by atoms with E-state index in [1.54, 1.807) is 0 Å². The lowest BCUT2D eigenvalue weighted by Crippen LogP contribution is -2.39. The molecule has 4 rings (SSSR count). The highest BCUT2D eigenvalue weighted by molar-refractivity contribution is 7.19. The normalized spacial score (nSPS) is 21.4. The number of aryl methyl sites for hydroxylation is 1. The van der Waals surface area contributed by atoms with Gasteiger partial charge in [0, 0.05) is 30.6 Å². The number of nitrogens with zero attached hydrogens (tertiary/aromatic N) is 4. The van der Waals surface area contributed by atoms with Gasteiger partial charge in [-0.25, -0.2) is 9.97 Å². The van der Waals surface area contributed by atoms with Crippen LogP contribution >= 0.6 is 11.3 Å². The van der Waals surface area contributed by atoms with Gasteiger partial charge in [-0.2, -0.15) is 0 Å². The summed E-state index contributed by atoms with van der Waals surface area (Å²) in [4.78, 5) is 17.5. The number of thiophene rings is 1. The molecule has 7 heteroatoms. The molecule has 2 atom stereocenters. The third-order valence-corrected chi connectivity index (χ3v) is 7.73. The number of fused-ring (bicyclic) bond motifs is 3. The first-order valence-electron chi connectivity index (χ1n) is 11.4. The zero-order valence-electron chi connectivity index (χ0n) is 19.2. The van der Waals surface area contributed by atoms with E-state index in [4.69, 9.17) is 14.7 Å². The minimum Gasteiger partial charge on any atom is -0.379 e. The number of aromatic nitrogens is 2. The smallest absolute Gasteiger partial charge is 0.146 e. The topological polar surface area (TPSA) is 53.5 Å². The number of likely N-dealkylation sites (N-methyl/N-ethyl adjacent to an activating group) is 1. The average molecular weight is 432 g/mol. The van der Waals surface area contributed by atoms with Gasteiger partial charge in [0.15, 0.2) is 0 Å². The van der Waals surface area contributed by atoms with Gasteiger partial charge >= 0.3 is 0 Å². The van der Waals surface area contributed by atoms with E-state index in [2.05, 4.69) is 50.0 Å². The fraction of sp³-hybridized carbons (Fsp3) is 0.739. The monoisotopic (exact) mass is 431 g/mol. The quantitative estimate of drug-likeness (QED) is 0.722. The van der Waals surface area contributed by atoms with Crippen LogP contribution in [0.3, 0.4) is 0 Å². The largest absolute Gasteiger partial charge is 0.379 e. The maximum atomic E-state index is 5.51. The second-order valence-corrected chi connectivity index (χ2v) is 10.6. The number of ether oxygens (including phenoxy) is 1. The summed E-state index contributed by atoms with van der Waals surface area (Å²) in [6.07, 6.45) is 3.60. The Balaban J connectivity index is 1.67. The first-order valence-corrected chi connectivity index (χ1v) is 12.3. The van der Waals surface area contributed by atoms with E-state index >= 15 is 0 Å². The number of nitrogens with one attached hydrogen (secondary N) is 1. The lowest BCUT2D eigenvalue weighted by molar-refractivity contribution is 0.0331. The van der Waals surface area contributed by atoms with Gasteiger partial charge in [-0.15, -0.1) is 11.3 Å². The summed E-state index contributed by atoms with van der Waals surface area (Å²) in [5.41, 5.74) is 1.50. The summed E-state index contributed by atoms with van der Waals surface area (Å²) >= 11 is 1.90. The van der Waals surface area contributed by atoms with Crippen molar-refractivity contribution in [1.29, 1.82) is 0 Å². The van der Waals surface area contributed by atoms with Crippen LogP contribution in [0, 0.1) is 11.8 Å². The fourth-order valence-corrected chi connectivity index (χ4v) is 6.16. The Hall–Kier alpha value is -1.28. The highest BCUT2D eigenvalue weighted by atomic mass is 32.1. The van der Waals surface area contributed by atoms with Crippen LogP contribution in [0.5, 0.6) is 0 Å². The summed E-state index contributed by atoms with van der Waals surface area (Å²) in [6, 6.07) is 0.465. The van der Waals surface area contributed by atoms with Crippen LogP contribution in [0.15, 0.2) is 0 Å². The van der Waals surface area contributed by atoms with Gasteiger partial charge in [0.2, 0.25) is 0 Å². The summed E-state index contributed by atoms with van der Waals surface area (Å²) < 4.78 is 5.51. The Morgan fingerprint density at radius 2 is 2.00 bits per heavy atom. The van der Waals surface area contributed by atoms with Crippen molar-refractivity contribution in [1.82, 2.24) is 19.8 Å².